The Hall–Kier alpha value is -5.32. The van der Waals surface area contributed by atoms with Crippen molar-refractivity contribution in [3.8, 4) is 17.8 Å². The maximum atomic E-state index is 9.76. The molecule has 0 amide bonds. The normalized spacial score (nSPS) is 13.5. The first-order chi connectivity index (χ1) is 19.0. The largest absolute Gasteiger partial charge is 0.308 e. The van der Waals surface area contributed by atoms with E-state index in [9.17, 15) is 10.5 Å². The van der Waals surface area contributed by atoms with Crippen LogP contribution in [0.3, 0.4) is 0 Å². The molecule has 184 valence electrons. The molecular weight excluding hydrogens is 476 g/mol. The molecule has 6 aromatic rings. The zero-order valence-corrected chi connectivity index (χ0v) is 21.7. The molecule has 5 aromatic carbocycles. The maximum absolute atomic E-state index is 9.76. The van der Waals surface area contributed by atoms with Crippen LogP contribution in [0.5, 0.6) is 0 Å². The van der Waals surface area contributed by atoms with Gasteiger partial charge in [0, 0.05) is 21.9 Å². The van der Waals surface area contributed by atoms with Crippen LogP contribution in [-0.2, 0) is 5.41 Å². The fourth-order valence-corrected chi connectivity index (χ4v) is 6.25. The lowest BCUT2D eigenvalue weighted by Crippen LogP contribution is -2.30. The Balaban J connectivity index is 1.64. The summed E-state index contributed by atoms with van der Waals surface area (Å²) in [6.45, 7) is 4.58. The molecule has 0 aliphatic carbocycles. The lowest BCUT2D eigenvalue weighted by molar-refractivity contribution is 0.632. The molecule has 0 unspecified atom stereocenters. The van der Waals surface area contributed by atoms with Crippen LogP contribution in [0, 0.1) is 22.7 Å². The van der Waals surface area contributed by atoms with Gasteiger partial charge in [-0.15, -0.1) is 0 Å². The van der Waals surface area contributed by atoms with E-state index in [-0.39, 0.29) is 5.41 Å². The van der Waals surface area contributed by atoms with Crippen molar-refractivity contribution in [1.29, 1.82) is 10.5 Å². The second kappa shape index (κ2) is 8.35. The predicted octanol–water partition coefficient (Wildman–Crippen LogP) is 8.64. The maximum Gasteiger partial charge on any atom is 0.0992 e. The standard InChI is InChI=1S/C35H24N4/c1-35(2)28-12-4-7-15-31(28)39(32-16-8-5-13-29(32)35)33-17-9-11-27-26-10-3-6-14-30(26)38(34(27)33)25-19-23(21-36)18-24(20-25)22-37/h3-20H,1-2H3. The van der Waals surface area contributed by atoms with Gasteiger partial charge >= 0.3 is 0 Å². The van der Waals surface area contributed by atoms with Gasteiger partial charge in [-0.25, -0.2) is 0 Å². The van der Waals surface area contributed by atoms with Crippen molar-refractivity contribution >= 4 is 38.9 Å². The van der Waals surface area contributed by atoms with E-state index in [4.69, 9.17) is 0 Å². The van der Waals surface area contributed by atoms with Gasteiger partial charge in [0.1, 0.15) is 0 Å². The van der Waals surface area contributed by atoms with Crippen molar-refractivity contribution < 1.29 is 0 Å². The first-order valence-electron chi connectivity index (χ1n) is 13.0. The number of nitrogens with zero attached hydrogens (tertiary/aromatic N) is 4. The lowest BCUT2D eigenvalue weighted by atomic mass is 9.73. The Kier molecular flexibility index (Phi) is 4.89. The van der Waals surface area contributed by atoms with Gasteiger partial charge in [0.15, 0.2) is 0 Å². The van der Waals surface area contributed by atoms with Crippen molar-refractivity contribution in [3.05, 3.63) is 131 Å². The van der Waals surface area contributed by atoms with Crippen LogP contribution in [0.15, 0.2) is 109 Å². The molecule has 0 fully saturated rings. The fraction of sp³-hybridized carbons (Fsp3) is 0.0857. The number of para-hydroxylation sites is 4. The zero-order chi connectivity index (χ0) is 26.7. The molecule has 1 aliphatic heterocycles. The molecule has 2 heterocycles. The van der Waals surface area contributed by atoms with Crippen LogP contribution in [0.4, 0.5) is 17.1 Å². The van der Waals surface area contributed by atoms with Gasteiger partial charge in [0.2, 0.25) is 0 Å². The van der Waals surface area contributed by atoms with Gasteiger partial charge < -0.3 is 9.47 Å². The van der Waals surface area contributed by atoms with Crippen molar-refractivity contribution in [2.24, 2.45) is 0 Å². The molecule has 7 rings (SSSR count). The van der Waals surface area contributed by atoms with Crippen molar-refractivity contribution in [2.75, 3.05) is 4.90 Å². The highest BCUT2D eigenvalue weighted by molar-refractivity contribution is 6.14. The number of anilines is 3. The quantitative estimate of drug-likeness (QED) is 0.239. The molecule has 1 aromatic heterocycles. The topological polar surface area (TPSA) is 55.8 Å². The molecule has 1 aliphatic rings. The van der Waals surface area contributed by atoms with Crippen molar-refractivity contribution in [1.82, 2.24) is 4.57 Å². The monoisotopic (exact) mass is 500 g/mol. The van der Waals surface area contributed by atoms with E-state index >= 15 is 0 Å². The predicted molar refractivity (Wildman–Crippen MR) is 157 cm³/mol. The molecule has 0 spiro atoms. The van der Waals surface area contributed by atoms with E-state index in [2.05, 4.69) is 120 Å². The number of hydrogen-bond donors (Lipinski definition) is 0. The van der Waals surface area contributed by atoms with Gasteiger partial charge in [-0.2, -0.15) is 10.5 Å². The Morgan fingerprint density at radius 1 is 0.590 bits per heavy atom. The third-order valence-corrected chi connectivity index (χ3v) is 7.99. The minimum Gasteiger partial charge on any atom is -0.308 e. The highest BCUT2D eigenvalue weighted by Crippen LogP contribution is 2.53. The van der Waals surface area contributed by atoms with E-state index in [1.54, 1.807) is 6.07 Å². The van der Waals surface area contributed by atoms with E-state index in [1.165, 1.54) is 11.1 Å². The lowest BCUT2D eigenvalue weighted by Gasteiger charge is -2.42. The summed E-state index contributed by atoms with van der Waals surface area (Å²) in [6, 6.07) is 41.9. The molecule has 0 saturated carbocycles. The van der Waals surface area contributed by atoms with Gasteiger partial charge in [-0.1, -0.05) is 80.6 Å². The minimum absolute atomic E-state index is 0.160. The van der Waals surface area contributed by atoms with Crippen LogP contribution in [0.2, 0.25) is 0 Å². The molecule has 0 N–H and O–H groups in total. The second-order valence-electron chi connectivity index (χ2n) is 10.5. The summed E-state index contributed by atoms with van der Waals surface area (Å²) in [7, 11) is 0. The highest BCUT2D eigenvalue weighted by atomic mass is 15.2. The summed E-state index contributed by atoms with van der Waals surface area (Å²) in [5, 5.41) is 21.7. The molecule has 0 atom stereocenters. The Morgan fingerprint density at radius 2 is 1.13 bits per heavy atom. The first-order valence-corrected chi connectivity index (χ1v) is 13.0. The Labute approximate surface area is 227 Å². The molecule has 39 heavy (non-hydrogen) atoms. The highest BCUT2D eigenvalue weighted by Gasteiger charge is 2.37. The van der Waals surface area contributed by atoms with Gasteiger partial charge in [0.25, 0.3) is 0 Å². The van der Waals surface area contributed by atoms with E-state index in [0.29, 0.717) is 11.1 Å². The van der Waals surface area contributed by atoms with Gasteiger partial charge in [0.05, 0.1) is 51.4 Å². The number of fused-ring (bicyclic) bond motifs is 5. The number of benzene rings is 5. The van der Waals surface area contributed by atoms with Crippen LogP contribution in [0.25, 0.3) is 27.5 Å². The third-order valence-electron chi connectivity index (χ3n) is 7.99. The van der Waals surface area contributed by atoms with E-state index in [0.717, 1.165) is 44.6 Å². The molecule has 4 nitrogen and oxygen atoms in total. The molecule has 0 saturated heterocycles. The van der Waals surface area contributed by atoms with Crippen molar-refractivity contribution in [3.63, 3.8) is 0 Å². The smallest absolute Gasteiger partial charge is 0.0992 e. The fourth-order valence-electron chi connectivity index (χ4n) is 6.25. The molecule has 0 bridgehead atoms. The number of aromatic nitrogens is 1. The summed E-state index contributed by atoms with van der Waals surface area (Å²) in [5.74, 6) is 0. The van der Waals surface area contributed by atoms with Crippen LogP contribution < -0.4 is 4.90 Å². The molecule has 4 heteroatoms. The van der Waals surface area contributed by atoms with Crippen LogP contribution >= 0.6 is 0 Å². The summed E-state index contributed by atoms with van der Waals surface area (Å²) in [5.41, 5.74) is 9.48. The molecule has 0 radical (unpaired) electrons. The van der Waals surface area contributed by atoms with Gasteiger partial charge in [-0.3, -0.25) is 0 Å². The SMILES string of the molecule is CC1(C)c2ccccc2N(c2cccc3c4ccccc4n(-c4cc(C#N)cc(C#N)c4)c23)c2ccccc21. The average Bonchev–Trinajstić information content (AvgIpc) is 3.32. The first kappa shape index (κ1) is 22.8. The average molecular weight is 501 g/mol. The Morgan fingerprint density at radius 3 is 1.77 bits per heavy atom. The summed E-state index contributed by atoms with van der Waals surface area (Å²) >= 11 is 0. The van der Waals surface area contributed by atoms with Crippen LogP contribution in [0.1, 0.15) is 36.1 Å². The van der Waals surface area contributed by atoms with Crippen LogP contribution in [-0.4, -0.2) is 4.57 Å². The minimum atomic E-state index is -0.160. The third kappa shape index (κ3) is 3.22. The summed E-state index contributed by atoms with van der Waals surface area (Å²) < 4.78 is 2.20. The van der Waals surface area contributed by atoms with Crippen molar-refractivity contribution in [2.45, 2.75) is 19.3 Å². The second-order valence-corrected chi connectivity index (χ2v) is 10.5. The summed E-state index contributed by atoms with van der Waals surface area (Å²) in [4.78, 5) is 2.37. The molecular formula is C35H24N4. The Bertz CT molecular complexity index is 1950. The van der Waals surface area contributed by atoms with E-state index < -0.39 is 0 Å². The van der Waals surface area contributed by atoms with Gasteiger partial charge in [-0.05, 0) is 53.6 Å². The number of nitriles is 2. The summed E-state index contributed by atoms with van der Waals surface area (Å²) in [6.07, 6.45) is 0. The van der Waals surface area contributed by atoms with E-state index in [1.807, 2.05) is 18.2 Å². The zero-order valence-electron chi connectivity index (χ0n) is 21.7. The number of rotatable bonds is 2. The number of hydrogen-bond acceptors (Lipinski definition) is 3.